The zero-order valence-corrected chi connectivity index (χ0v) is 19.7. The Morgan fingerprint density at radius 2 is 1.81 bits per heavy atom. The summed E-state index contributed by atoms with van der Waals surface area (Å²) < 4.78 is 5.31. The minimum Gasteiger partial charge on any atom is -0.437 e. The Bertz CT molecular complexity index is 1200. The van der Waals surface area contributed by atoms with Crippen LogP contribution >= 0.6 is 46.1 Å². The molecule has 4 nitrogen and oxygen atoms in total. The van der Waals surface area contributed by atoms with Crippen molar-refractivity contribution in [1.82, 2.24) is 0 Å². The minimum atomic E-state index is -0.598. The van der Waals surface area contributed by atoms with Gasteiger partial charge in [0, 0.05) is 21.0 Å². The number of fused-ring (bicyclic) bond motifs is 1. The molecule has 0 spiro atoms. The second-order valence-corrected chi connectivity index (χ2v) is 9.35. The second kappa shape index (κ2) is 9.76. The highest BCUT2D eigenvalue weighted by Crippen LogP contribution is 2.44. The van der Waals surface area contributed by atoms with Gasteiger partial charge in [-0.1, -0.05) is 59.1 Å². The van der Waals surface area contributed by atoms with Crippen LogP contribution in [-0.4, -0.2) is 6.09 Å². The van der Waals surface area contributed by atoms with Gasteiger partial charge in [0.2, 0.25) is 0 Å². The predicted octanol–water partition coefficient (Wildman–Crippen LogP) is 8.31. The normalized spacial score (nSPS) is 14.3. The molecule has 4 rings (SSSR count). The molecule has 0 radical (unpaired) electrons. The highest BCUT2D eigenvalue weighted by atomic mass is 35.5. The summed E-state index contributed by atoms with van der Waals surface area (Å²) in [6, 6.07) is 18.5. The maximum absolute atomic E-state index is 11.5. The van der Waals surface area contributed by atoms with Crippen molar-refractivity contribution in [1.29, 1.82) is 5.26 Å². The number of nitriles is 1. The SMILES string of the molecule is CC1(C)OC(=O)Nc2cc(-c3cccc(Cl)c3)sc21.N#CC=C(Cl)c1cccc(Cl)c1. The Morgan fingerprint density at radius 1 is 1.13 bits per heavy atom. The molecule has 8 heteroatoms. The molecule has 0 saturated heterocycles. The first-order chi connectivity index (χ1) is 14.7. The van der Waals surface area contributed by atoms with Gasteiger partial charge in [-0.3, -0.25) is 5.32 Å². The maximum Gasteiger partial charge on any atom is 0.412 e. The lowest BCUT2D eigenvalue weighted by Gasteiger charge is -2.29. The van der Waals surface area contributed by atoms with Gasteiger partial charge >= 0.3 is 6.09 Å². The third kappa shape index (κ3) is 5.81. The van der Waals surface area contributed by atoms with E-state index in [9.17, 15) is 4.79 Å². The molecule has 0 aliphatic carbocycles. The number of benzene rings is 2. The Kier molecular flexibility index (Phi) is 7.30. The summed E-state index contributed by atoms with van der Waals surface area (Å²) in [5.41, 5.74) is 2.02. The summed E-state index contributed by atoms with van der Waals surface area (Å²) in [5, 5.41) is 12.8. The molecular formula is C23H17Cl3N2O2S. The third-order valence-electron chi connectivity index (χ3n) is 4.26. The van der Waals surface area contributed by atoms with E-state index in [1.807, 2.05) is 50.2 Å². The monoisotopic (exact) mass is 490 g/mol. The molecule has 0 atom stereocenters. The largest absolute Gasteiger partial charge is 0.437 e. The molecule has 0 unspecified atom stereocenters. The molecule has 1 aliphatic rings. The van der Waals surface area contributed by atoms with Crippen LogP contribution < -0.4 is 5.32 Å². The van der Waals surface area contributed by atoms with Crippen molar-refractivity contribution in [3.8, 4) is 16.5 Å². The van der Waals surface area contributed by atoms with Crippen LogP contribution in [0.1, 0.15) is 24.3 Å². The fourth-order valence-corrected chi connectivity index (χ4v) is 4.60. The lowest BCUT2D eigenvalue weighted by Crippen LogP contribution is -2.33. The van der Waals surface area contributed by atoms with Gasteiger partial charge in [0.1, 0.15) is 5.60 Å². The van der Waals surface area contributed by atoms with Gasteiger partial charge in [0.15, 0.2) is 0 Å². The van der Waals surface area contributed by atoms with Gasteiger partial charge in [0.05, 0.1) is 21.7 Å². The molecule has 31 heavy (non-hydrogen) atoms. The number of carbonyl (C=O) groups excluding carboxylic acids is 1. The van der Waals surface area contributed by atoms with Crippen molar-refractivity contribution in [2.24, 2.45) is 0 Å². The van der Waals surface area contributed by atoms with Crippen LogP contribution in [0.15, 0.2) is 60.7 Å². The summed E-state index contributed by atoms with van der Waals surface area (Å²) in [5.74, 6) is 0. The van der Waals surface area contributed by atoms with Crippen molar-refractivity contribution in [3.63, 3.8) is 0 Å². The van der Waals surface area contributed by atoms with E-state index >= 15 is 0 Å². The van der Waals surface area contributed by atoms with E-state index in [2.05, 4.69) is 5.32 Å². The molecule has 0 saturated carbocycles. The number of nitrogens with zero attached hydrogens (tertiary/aromatic N) is 1. The average molecular weight is 492 g/mol. The van der Waals surface area contributed by atoms with Crippen molar-refractivity contribution < 1.29 is 9.53 Å². The van der Waals surface area contributed by atoms with Gasteiger partial charge in [-0.25, -0.2) is 4.79 Å². The Balaban J connectivity index is 0.000000196. The molecule has 1 aliphatic heterocycles. The lowest BCUT2D eigenvalue weighted by molar-refractivity contribution is 0.0450. The minimum absolute atomic E-state index is 0.403. The van der Waals surface area contributed by atoms with Crippen molar-refractivity contribution in [3.05, 3.63) is 81.2 Å². The summed E-state index contributed by atoms with van der Waals surface area (Å²) >= 11 is 19.1. The van der Waals surface area contributed by atoms with Crippen LogP contribution in [-0.2, 0) is 10.3 Å². The highest BCUT2D eigenvalue weighted by Gasteiger charge is 2.35. The van der Waals surface area contributed by atoms with E-state index in [0.29, 0.717) is 15.1 Å². The quantitative estimate of drug-likeness (QED) is 0.367. The summed E-state index contributed by atoms with van der Waals surface area (Å²) in [7, 11) is 0. The molecule has 1 N–H and O–H groups in total. The molecule has 0 bridgehead atoms. The predicted molar refractivity (Wildman–Crippen MR) is 129 cm³/mol. The van der Waals surface area contributed by atoms with Crippen LogP contribution in [0.5, 0.6) is 0 Å². The van der Waals surface area contributed by atoms with Crippen LogP contribution in [0.4, 0.5) is 10.5 Å². The number of thiophene rings is 1. The summed E-state index contributed by atoms with van der Waals surface area (Å²) in [6.45, 7) is 3.78. The molecule has 1 amide bonds. The number of amides is 1. The summed E-state index contributed by atoms with van der Waals surface area (Å²) in [4.78, 5) is 13.6. The Hall–Kier alpha value is -2.49. The number of ether oxygens (including phenoxy) is 1. The number of halogens is 3. The lowest BCUT2D eigenvalue weighted by atomic mass is 10.0. The number of nitrogens with one attached hydrogen (secondary N) is 1. The molecule has 2 heterocycles. The number of rotatable bonds is 2. The van der Waals surface area contributed by atoms with Gasteiger partial charge in [-0.15, -0.1) is 11.3 Å². The highest BCUT2D eigenvalue weighted by molar-refractivity contribution is 7.16. The zero-order chi connectivity index (χ0) is 22.6. The van der Waals surface area contributed by atoms with E-state index in [0.717, 1.165) is 26.6 Å². The van der Waals surface area contributed by atoms with E-state index in [-0.39, 0.29) is 0 Å². The van der Waals surface area contributed by atoms with Crippen molar-refractivity contribution in [2.75, 3.05) is 5.32 Å². The average Bonchev–Trinajstić information content (AvgIpc) is 3.13. The fourth-order valence-electron chi connectivity index (χ4n) is 2.91. The third-order valence-corrected chi connectivity index (χ3v) is 6.55. The molecule has 158 valence electrons. The second-order valence-electron chi connectivity index (χ2n) is 7.02. The fraction of sp³-hybridized carbons (Fsp3) is 0.130. The topological polar surface area (TPSA) is 62.1 Å². The van der Waals surface area contributed by atoms with Gasteiger partial charge in [0.25, 0.3) is 0 Å². The van der Waals surface area contributed by atoms with E-state index < -0.39 is 11.7 Å². The molecular weight excluding hydrogens is 475 g/mol. The molecule has 3 aromatic rings. The number of allylic oxidation sites excluding steroid dienone is 1. The van der Waals surface area contributed by atoms with Crippen molar-refractivity contribution in [2.45, 2.75) is 19.4 Å². The van der Waals surface area contributed by atoms with Crippen LogP contribution in [0.2, 0.25) is 10.0 Å². The van der Waals surface area contributed by atoms with E-state index in [1.165, 1.54) is 6.08 Å². The molecule has 2 aromatic carbocycles. The first-order valence-electron chi connectivity index (χ1n) is 9.11. The van der Waals surface area contributed by atoms with E-state index in [4.69, 9.17) is 44.8 Å². The number of hydrogen-bond donors (Lipinski definition) is 1. The van der Waals surface area contributed by atoms with Crippen LogP contribution in [0.25, 0.3) is 15.5 Å². The summed E-state index contributed by atoms with van der Waals surface area (Å²) in [6.07, 6.45) is 0.862. The standard InChI is InChI=1S/C14H12ClNO2S.C9H5Cl2N/c1-14(2)12-10(16-13(17)18-14)7-11(19-12)8-4-3-5-9(15)6-8;10-8-3-1-2-7(6-8)9(11)4-5-12/h3-7H,1-2H3,(H,16,17);1-4,6H. The number of cyclic esters (lactones) is 1. The smallest absolute Gasteiger partial charge is 0.412 e. The van der Waals surface area contributed by atoms with Gasteiger partial charge in [-0.2, -0.15) is 5.26 Å². The van der Waals surface area contributed by atoms with Gasteiger partial charge in [-0.05, 0) is 55.3 Å². The van der Waals surface area contributed by atoms with Gasteiger partial charge < -0.3 is 4.74 Å². The first kappa shape index (κ1) is 23.2. The molecule has 1 aromatic heterocycles. The number of anilines is 1. The Morgan fingerprint density at radius 3 is 2.45 bits per heavy atom. The van der Waals surface area contributed by atoms with Crippen molar-refractivity contribution >= 4 is 63.0 Å². The number of hydrogen-bond acceptors (Lipinski definition) is 4. The Labute approximate surface area is 199 Å². The maximum atomic E-state index is 11.5. The first-order valence-corrected chi connectivity index (χ1v) is 11.1. The number of carbonyl (C=O) groups is 1. The zero-order valence-electron chi connectivity index (χ0n) is 16.6. The van der Waals surface area contributed by atoms with E-state index in [1.54, 1.807) is 35.6 Å². The van der Waals surface area contributed by atoms with Crippen LogP contribution in [0.3, 0.4) is 0 Å². The van der Waals surface area contributed by atoms with Crippen LogP contribution in [0, 0.1) is 11.3 Å². The molecule has 0 fully saturated rings.